The van der Waals surface area contributed by atoms with E-state index < -0.39 is 0 Å². The van der Waals surface area contributed by atoms with Crippen LogP contribution in [-0.4, -0.2) is 0 Å². The molecule has 0 atom stereocenters. The summed E-state index contributed by atoms with van der Waals surface area (Å²) in [6.07, 6.45) is 8.56. The molecule has 0 spiro atoms. The minimum atomic E-state index is 1.06. The molecule has 0 saturated heterocycles. The van der Waals surface area contributed by atoms with Crippen LogP contribution in [0.15, 0.2) is 128 Å². The highest BCUT2D eigenvalue weighted by Gasteiger charge is 2.22. The van der Waals surface area contributed by atoms with Crippen LogP contribution >= 0.6 is 0 Å². The molecule has 7 rings (SSSR count). The van der Waals surface area contributed by atoms with Crippen LogP contribution in [0.1, 0.15) is 23.1 Å². The molecule has 190 valence electrons. The van der Waals surface area contributed by atoms with Crippen molar-refractivity contribution in [3.8, 4) is 22.3 Å². The third-order valence-electron chi connectivity index (χ3n) is 8.26. The van der Waals surface area contributed by atoms with Gasteiger partial charge in [-0.15, -0.1) is 0 Å². The van der Waals surface area contributed by atoms with Gasteiger partial charge in [-0.3, -0.25) is 0 Å². The Morgan fingerprint density at radius 2 is 1.18 bits per heavy atom. The molecule has 0 aliphatic heterocycles. The number of rotatable bonds is 4. The van der Waals surface area contributed by atoms with E-state index in [0.29, 0.717) is 0 Å². The van der Waals surface area contributed by atoms with Gasteiger partial charge in [-0.1, -0.05) is 141 Å². The van der Waals surface area contributed by atoms with Crippen LogP contribution in [0.3, 0.4) is 0 Å². The Bertz CT molecular complexity index is 2060. The Kier molecular flexibility index (Phi) is 6.02. The maximum absolute atomic E-state index is 4.35. The highest BCUT2D eigenvalue weighted by atomic mass is 14.2. The number of aryl methyl sites for hydroxylation is 1. The fourth-order valence-corrected chi connectivity index (χ4v) is 6.61. The fraction of sp³-hybridized carbons (Fsp3) is 0.0500. The van der Waals surface area contributed by atoms with Gasteiger partial charge < -0.3 is 0 Å². The predicted octanol–water partition coefficient (Wildman–Crippen LogP) is 10.3. The van der Waals surface area contributed by atoms with Crippen molar-refractivity contribution in [1.29, 1.82) is 0 Å². The molecule has 0 amide bonds. The van der Waals surface area contributed by atoms with E-state index in [-0.39, 0.29) is 0 Å². The molecule has 0 bridgehead atoms. The highest BCUT2D eigenvalue weighted by Crippen LogP contribution is 2.46. The fourth-order valence-electron chi connectivity index (χ4n) is 6.61. The van der Waals surface area contributed by atoms with E-state index >= 15 is 0 Å². The Morgan fingerprint density at radius 1 is 0.550 bits per heavy atom. The molecule has 0 fully saturated rings. The van der Waals surface area contributed by atoms with Crippen LogP contribution in [0.2, 0.25) is 0 Å². The molecular formula is C40H30. The van der Waals surface area contributed by atoms with Gasteiger partial charge in [0.25, 0.3) is 0 Å². The molecule has 0 radical (unpaired) electrons. The van der Waals surface area contributed by atoms with Crippen molar-refractivity contribution < 1.29 is 0 Å². The summed E-state index contributed by atoms with van der Waals surface area (Å²) >= 11 is 0. The molecule has 0 nitrogen and oxygen atoms in total. The lowest BCUT2D eigenvalue weighted by Gasteiger charge is -2.23. The van der Waals surface area contributed by atoms with E-state index in [1.54, 1.807) is 0 Å². The minimum absolute atomic E-state index is 1.06. The van der Waals surface area contributed by atoms with Crippen molar-refractivity contribution in [1.82, 2.24) is 0 Å². The van der Waals surface area contributed by atoms with Gasteiger partial charge in [-0.25, -0.2) is 0 Å². The zero-order valence-corrected chi connectivity index (χ0v) is 22.5. The van der Waals surface area contributed by atoms with Crippen LogP contribution in [0.25, 0.3) is 72.8 Å². The van der Waals surface area contributed by atoms with Crippen LogP contribution in [0.4, 0.5) is 0 Å². The van der Waals surface area contributed by atoms with E-state index in [9.17, 15) is 0 Å². The smallest absolute Gasteiger partial charge is 0.00202 e. The van der Waals surface area contributed by atoms with Gasteiger partial charge in [0.1, 0.15) is 0 Å². The Morgan fingerprint density at radius 3 is 1.90 bits per heavy atom. The van der Waals surface area contributed by atoms with Crippen molar-refractivity contribution in [2.45, 2.75) is 12.8 Å². The number of fused-ring (bicyclic) bond motifs is 1. The summed E-state index contributed by atoms with van der Waals surface area (Å²) < 4.78 is 0. The summed E-state index contributed by atoms with van der Waals surface area (Å²) in [4.78, 5) is 0. The Hall–Kier alpha value is -4.94. The minimum Gasteiger partial charge on any atom is -0.0984 e. The first-order valence-corrected chi connectivity index (χ1v) is 14.0. The van der Waals surface area contributed by atoms with Crippen LogP contribution < -0.4 is 5.22 Å². The molecule has 6 aromatic carbocycles. The predicted molar refractivity (Wildman–Crippen MR) is 176 cm³/mol. The normalized spacial score (nSPS) is 12.2. The number of benzene rings is 5. The third-order valence-corrected chi connectivity index (χ3v) is 8.26. The summed E-state index contributed by atoms with van der Waals surface area (Å²) in [6.45, 7) is 8.67. The van der Waals surface area contributed by atoms with Gasteiger partial charge in [0, 0.05) is 0 Å². The quantitative estimate of drug-likeness (QED) is 0.221. The zero-order valence-electron chi connectivity index (χ0n) is 22.5. The first-order chi connectivity index (χ1) is 19.8. The lowest BCUT2D eigenvalue weighted by atomic mass is 9.80. The first kappa shape index (κ1) is 24.1. The SMILES string of the molecule is C=Cc1c(C=C)c(-c2cc3c4c(ccc5cccc2c54)=CCC3)c2ccccc2c1-c1ccccccccc1. The molecule has 0 unspecified atom stereocenters. The van der Waals surface area contributed by atoms with E-state index in [0.717, 1.165) is 29.5 Å². The second-order valence-corrected chi connectivity index (χ2v) is 10.4. The second kappa shape index (κ2) is 9.98. The average Bonchev–Trinajstić information content (AvgIpc) is 3.01. The molecule has 40 heavy (non-hydrogen) atoms. The van der Waals surface area contributed by atoms with Gasteiger partial charge in [0.2, 0.25) is 0 Å². The van der Waals surface area contributed by atoms with Gasteiger partial charge in [-0.05, 0) is 95.4 Å². The van der Waals surface area contributed by atoms with E-state index in [1.165, 1.54) is 59.8 Å². The molecule has 6 aromatic rings. The zero-order chi connectivity index (χ0) is 27.1. The van der Waals surface area contributed by atoms with Crippen molar-refractivity contribution >= 4 is 50.5 Å². The molecule has 1 aliphatic rings. The van der Waals surface area contributed by atoms with Gasteiger partial charge in [-0.2, -0.15) is 0 Å². The van der Waals surface area contributed by atoms with Gasteiger partial charge in [0.15, 0.2) is 0 Å². The summed E-state index contributed by atoms with van der Waals surface area (Å²) in [5.74, 6) is 0. The van der Waals surface area contributed by atoms with E-state index in [4.69, 9.17) is 0 Å². The molecule has 1 aliphatic carbocycles. The maximum atomic E-state index is 4.35. The maximum Gasteiger partial charge on any atom is -0.00202 e. The van der Waals surface area contributed by atoms with E-state index in [2.05, 4.69) is 128 Å². The molecule has 0 aromatic heterocycles. The Labute approximate surface area is 235 Å². The lowest BCUT2D eigenvalue weighted by molar-refractivity contribution is 1.04. The van der Waals surface area contributed by atoms with Gasteiger partial charge in [0.05, 0.1) is 0 Å². The molecule has 0 N–H and O–H groups in total. The summed E-state index contributed by atoms with van der Waals surface area (Å²) in [6, 6.07) is 41.4. The van der Waals surface area contributed by atoms with E-state index in [1.807, 2.05) is 18.2 Å². The molecule has 0 heteroatoms. The van der Waals surface area contributed by atoms with Crippen molar-refractivity contribution in [2.75, 3.05) is 0 Å². The van der Waals surface area contributed by atoms with Crippen LogP contribution in [-0.2, 0) is 6.42 Å². The largest absolute Gasteiger partial charge is 0.0984 e. The lowest BCUT2D eigenvalue weighted by Crippen LogP contribution is -2.10. The molecular weight excluding hydrogens is 480 g/mol. The summed E-state index contributed by atoms with van der Waals surface area (Å²) in [7, 11) is 0. The number of hydrogen-bond donors (Lipinski definition) is 0. The Balaban J connectivity index is 1.66. The monoisotopic (exact) mass is 510 g/mol. The number of hydrogen-bond acceptors (Lipinski definition) is 0. The van der Waals surface area contributed by atoms with Crippen LogP contribution in [0, 0.1) is 0 Å². The van der Waals surface area contributed by atoms with Crippen LogP contribution in [0.5, 0.6) is 0 Å². The average molecular weight is 511 g/mol. The molecule has 0 heterocycles. The first-order valence-electron chi connectivity index (χ1n) is 14.0. The van der Waals surface area contributed by atoms with Gasteiger partial charge >= 0.3 is 0 Å². The third kappa shape index (κ3) is 3.76. The van der Waals surface area contributed by atoms with Crippen molar-refractivity contribution in [3.05, 3.63) is 150 Å². The topological polar surface area (TPSA) is 0 Å². The van der Waals surface area contributed by atoms with Crippen molar-refractivity contribution in [3.63, 3.8) is 0 Å². The second-order valence-electron chi connectivity index (χ2n) is 10.4. The molecule has 0 saturated carbocycles. The summed E-state index contributed by atoms with van der Waals surface area (Å²) in [5.41, 5.74) is 8.50. The summed E-state index contributed by atoms with van der Waals surface area (Å²) in [5, 5.41) is 9.18. The highest BCUT2D eigenvalue weighted by molar-refractivity contribution is 6.21. The van der Waals surface area contributed by atoms with Crippen molar-refractivity contribution in [2.24, 2.45) is 0 Å². The standard InChI is InChI=1S/C40H30/c1-3-31-32(4-2)40(34-22-13-12-21-33(34)38(31)27-16-10-8-6-5-7-9-11-17-27)36-26-30-20-14-18-28-24-25-29-19-15-23-35(36)39(29)37(28)30/h3-13,15-19,21-26H,1-2,14,20H2.